The number of nitrogens with one attached hydrogen (secondary N) is 1. The fraction of sp³-hybridized carbons (Fsp3) is 0.400. The van der Waals surface area contributed by atoms with Crippen molar-refractivity contribution in [2.75, 3.05) is 44.8 Å². The molecule has 1 aliphatic heterocycles. The predicted molar refractivity (Wildman–Crippen MR) is 125 cm³/mol. The van der Waals surface area contributed by atoms with E-state index in [0.29, 0.717) is 26.2 Å². The molecule has 8 nitrogen and oxygen atoms in total. The predicted octanol–water partition coefficient (Wildman–Crippen LogP) is 2.62. The quantitative estimate of drug-likeness (QED) is 0.574. The van der Waals surface area contributed by atoms with Crippen LogP contribution in [0.2, 0.25) is 0 Å². The highest BCUT2D eigenvalue weighted by Gasteiger charge is 2.30. The molecule has 35 heavy (non-hydrogen) atoms. The van der Waals surface area contributed by atoms with Crippen molar-refractivity contribution in [3.63, 3.8) is 0 Å². The van der Waals surface area contributed by atoms with E-state index < -0.39 is 47.6 Å². The first kappa shape index (κ1) is 25.9. The number of benzene rings is 2. The van der Waals surface area contributed by atoms with Crippen LogP contribution in [0.4, 0.5) is 14.5 Å². The Morgan fingerprint density at radius 1 is 0.971 bits per heavy atom. The molecule has 0 unspecified atom stereocenters. The van der Waals surface area contributed by atoms with Gasteiger partial charge in [0.1, 0.15) is 29.0 Å². The fourth-order valence-electron chi connectivity index (χ4n) is 3.75. The third-order valence-electron chi connectivity index (χ3n) is 5.80. The van der Waals surface area contributed by atoms with Gasteiger partial charge in [0.05, 0.1) is 7.11 Å². The first-order valence-corrected chi connectivity index (χ1v) is 11.3. The molecule has 2 aromatic carbocycles. The van der Waals surface area contributed by atoms with Gasteiger partial charge in [-0.3, -0.25) is 9.59 Å². The van der Waals surface area contributed by atoms with E-state index in [1.807, 2.05) is 24.3 Å². The molecule has 2 aromatic rings. The topological polar surface area (TPSA) is 88.2 Å². The van der Waals surface area contributed by atoms with Crippen LogP contribution in [0.1, 0.15) is 24.2 Å². The van der Waals surface area contributed by atoms with Crippen molar-refractivity contribution in [3.8, 4) is 5.75 Å². The van der Waals surface area contributed by atoms with E-state index in [4.69, 9.17) is 9.47 Å². The first-order chi connectivity index (χ1) is 16.7. The van der Waals surface area contributed by atoms with E-state index >= 15 is 0 Å². The van der Waals surface area contributed by atoms with E-state index in [-0.39, 0.29) is 5.91 Å². The van der Waals surface area contributed by atoms with Crippen LogP contribution < -0.4 is 15.0 Å². The molecule has 1 heterocycles. The summed E-state index contributed by atoms with van der Waals surface area (Å²) in [7, 11) is 1.60. The van der Waals surface area contributed by atoms with Crippen LogP contribution in [-0.4, -0.2) is 68.6 Å². The molecule has 0 saturated carbocycles. The van der Waals surface area contributed by atoms with E-state index in [2.05, 4.69) is 10.2 Å². The number of carbonyl (C=O) groups excluding carboxylic acids is 3. The van der Waals surface area contributed by atoms with E-state index in [1.165, 1.54) is 0 Å². The van der Waals surface area contributed by atoms with E-state index in [0.717, 1.165) is 29.6 Å². The number of esters is 1. The minimum absolute atomic E-state index is 0.360. The Morgan fingerprint density at radius 2 is 1.57 bits per heavy atom. The normalized spacial score (nSPS) is 14.5. The summed E-state index contributed by atoms with van der Waals surface area (Å²) in [6.45, 7) is 4.94. The summed E-state index contributed by atoms with van der Waals surface area (Å²) in [6.07, 6.45) is 0. The van der Waals surface area contributed by atoms with Crippen molar-refractivity contribution in [1.82, 2.24) is 10.2 Å². The molecule has 1 fully saturated rings. The highest BCUT2D eigenvalue weighted by molar-refractivity contribution is 5.97. The number of amides is 2. The van der Waals surface area contributed by atoms with Crippen LogP contribution in [0.3, 0.4) is 0 Å². The molecule has 188 valence electrons. The van der Waals surface area contributed by atoms with Crippen molar-refractivity contribution in [2.45, 2.75) is 19.9 Å². The Kier molecular flexibility index (Phi) is 8.62. The van der Waals surface area contributed by atoms with Crippen molar-refractivity contribution >= 4 is 23.5 Å². The molecule has 1 saturated heterocycles. The van der Waals surface area contributed by atoms with Crippen molar-refractivity contribution in [3.05, 3.63) is 59.7 Å². The zero-order chi connectivity index (χ0) is 25.5. The van der Waals surface area contributed by atoms with Gasteiger partial charge in [0.2, 0.25) is 0 Å². The van der Waals surface area contributed by atoms with Crippen LogP contribution in [-0.2, 0) is 14.3 Å². The number of piperazine rings is 1. The van der Waals surface area contributed by atoms with Crippen LogP contribution in [0, 0.1) is 17.6 Å². The second-order valence-electron chi connectivity index (χ2n) is 8.47. The largest absolute Gasteiger partial charge is 0.497 e. The molecule has 1 N–H and O–H groups in total. The summed E-state index contributed by atoms with van der Waals surface area (Å²) in [4.78, 5) is 41.3. The van der Waals surface area contributed by atoms with Gasteiger partial charge in [-0.05, 0) is 42.3 Å². The van der Waals surface area contributed by atoms with E-state index in [1.54, 1.807) is 25.9 Å². The maximum Gasteiger partial charge on any atom is 0.329 e. The number of methoxy groups -OCH3 is 1. The summed E-state index contributed by atoms with van der Waals surface area (Å²) in [6, 6.07) is 9.51. The number of anilines is 1. The molecule has 0 aliphatic carbocycles. The molecule has 2 amide bonds. The second kappa shape index (κ2) is 11.6. The summed E-state index contributed by atoms with van der Waals surface area (Å²) in [5.74, 6) is -4.04. The number of nitrogens with zero attached hydrogens (tertiary/aromatic N) is 2. The second-order valence-corrected chi connectivity index (χ2v) is 8.47. The van der Waals surface area contributed by atoms with Gasteiger partial charge in [0, 0.05) is 31.9 Å². The average Bonchev–Trinajstić information content (AvgIpc) is 2.85. The lowest BCUT2D eigenvalue weighted by molar-refractivity contribution is -0.154. The molecular formula is C25H29F2N3O5. The minimum Gasteiger partial charge on any atom is -0.497 e. The summed E-state index contributed by atoms with van der Waals surface area (Å²) < 4.78 is 38.1. The van der Waals surface area contributed by atoms with Gasteiger partial charge in [-0.2, -0.15) is 0 Å². The molecule has 1 atom stereocenters. The lowest BCUT2D eigenvalue weighted by Gasteiger charge is -2.36. The molecular weight excluding hydrogens is 460 g/mol. The van der Waals surface area contributed by atoms with Crippen LogP contribution in [0.5, 0.6) is 5.75 Å². The number of hydrogen-bond acceptors (Lipinski definition) is 6. The standard InChI is InChI=1S/C25H29F2N3O5/c1-16(2)23(28-24(32)22-19(26)5-4-6-20(22)27)25(33)35-15-21(31)30-13-11-29(12-14-30)17-7-9-18(34-3)10-8-17/h4-10,16,23H,11-15H2,1-3H3,(H,28,32)/t23-/m1/s1. The summed E-state index contributed by atoms with van der Waals surface area (Å²) in [5.41, 5.74) is 0.239. The van der Waals surface area contributed by atoms with Gasteiger partial charge in [-0.25, -0.2) is 13.6 Å². The third-order valence-corrected chi connectivity index (χ3v) is 5.80. The average molecular weight is 490 g/mol. The maximum atomic E-state index is 13.9. The Labute approximate surface area is 202 Å². The fourth-order valence-corrected chi connectivity index (χ4v) is 3.75. The number of rotatable bonds is 8. The number of halogens is 2. The molecule has 3 rings (SSSR count). The van der Waals surface area contributed by atoms with E-state index in [9.17, 15) is 23.2 Å². The Balaban J connectivity index is 1.51. The molecule has 0 spiro atoms. The van der Waals surface area contributed by atoms with Crippen molar-refractivity contribution in [2.24, 2.45) is 5.92 Å². The highest BCUT2D eigenvalue weighted by atomic mass is 19.1. The van der Waals surface area contributed by atoms with Gasteiger partial charge in [-0.15, -0.1) is 0 Å². The molecule has 0 aromatic heterocycles. The lowest BCUT2D eigenvalue weighted by Crippen LogP contribution is -2.51. The van der Waals surface area contributed by atoms with Gasteiger partial charge in [0.15, 0.2) is 6.61 Å². The first-order valence-electron chi connectivity index (χ1n) is 11.3. The zero-order valence-electron chi connectivity index (χ0n) is 19.9. The van der Waals surface area contributed by atoms with Crippen LogP contribution >= 0.6 is 0 Å². The van der Waals surface area contributed by atoms with Crippen molar-refractivity contribution in [1.29, 1.82) is 0 Å². The van der Waals surface area contributed by atoms with Crippen LogP contribution in [0.15, 0.2) is 42.5 Å². The lowest BCUT2D eigenvalue weighted by atomic mass is 10.0. The minimum atomic E-state index is -1.18. The molecule has 0 bridgehead atoms. The Morgan fingerprint density at radius 3 is 2.11 bits per heavy atom. The molecule has 1 aliphatic rings. The Hall–Kier alpha value is -3.69. The van der Waals surface area contributed by atoms with Crippen LogP contribution in [0.25, 0.3) is 0 Å². The monoisotopic (exact) mass is 489 g/mol. The number of hydrogen-bond donors (Lipinski definition) is 1. The third kappa shape index (κ3) is 6.46. The van der Waals surface area contributed by atoms with Gasteiger partial charge >= 0.3 is 5.97 Å². The van der Waals surface area contributed by atoms with Crippen molar-refractivity contribution < 1.29 is 32.6 Å². The SMILES string of the molecule is COc1ccc(N2CCN(C(=O)COC(=O)[C@H](NC(=O)c3c(F)cccc3F)C(C)C)CC2)cc1. The molecule has 10 heteroatoms. The summed E-state index contributed by atoms with van der Waals surface area (Å²) in [5, 5.41) is 2.32. The van der Waals surface area contributed by atoms with Gasteiger partial charge in [-0.1, -0.05) is 19.9 Å². The number of carbonyl (C=O) groups is 3. The molecule has 0 radical (unpaired) electrons. The highest BCUT2D eigenvalue weighted by Crippen LogP contribution is 2.20. The maximum absolute atomic E-state index is 13.9. The Bertz CT molecular complexity index is 1030. The smallest absolute Gasteiger partial charge is 0.329 e. The summed E-state index contributed by atoms with van der Waals surface area (Å²) >= 11 is 0. The number of ether oxygens (including phenoxy) is 2. The van der Waals surface area contributed by atoms with Gasteiger partial charge < -0.3 is 24.6 Å². The zero-order valence-corrected chi connectivity index (χ0v) is 19.9. The van der Waals surface area contributed by atoms with Gasteiger partial charge in [0.25, 0.3) is 11.8 Å².